The van der Waals surface area contributed by atoms with Crippen LogP contribution in [0.5, 0.6) is 0 Å². The van der Waals surface area contributed by atoms with Crippen LogP contribution in [-0.2, 0) is 0 Å². The van der Waals surface area contributed by atoms with Gasteiger partial charge in [-0.2, -0.15) is 0 Å². The summed E-state index contributed by atoms with van der Waals surface area (Å²) in [5, 5.41) is 6.24. The molecule has 1 aliphatic rings. The van der Waals surface area contributed by atoms with Gasteiger partial charge in [-0.05, 0) is 36.2 Å². The first-order valence-corrected chi connectivity index (χ1v) is 8.43. The molecular weight excluding hydrogens is 283 g/mol. The van der Waals surface area contributed by atoms with Gasteiger partial charge >= 0.3 is 6.85 Å². The Balaban J connectivity index is 0.00000127. The molecule has 1 aliphatic heterocycles. The third-order valence-corrected chi connectivity index (χ3v) is 3.48. The molecule has 23 heavy (non-hydrogen) atoms. The lowest BCUT2D eigenvalue weighted by molar-refractivity contribution is 0.0949. The first-order valence-electron chi connectivity index (χ1n) is 8.43. The Morgan fingerprint density at radius 2 is 1.78 bits per heavy atom. The number of rotatable bonds is 4. The molecule has 3 nitrogen and oxygen atoms in total. The number of carbonyl (C=O) groups excluding carboxylic acids is 1. The van der Waals surface area contributed by atoms with Gasteiger partial charge < -0.3 is 10.5 Å². The number of benzene rings is 1. The maximum Gasteiger partial charge on any atom is 0.312 e. The van der Waals surface area contributed by atoms with Gasteiger partial charge in [-0.15, -0.1) is 0 Å². The first kappa shape index (κ1) is 19.1. The van der Waals surface area contributed by atoms with Crippen LogP contribution >= 0.6 is 0 Å². The Morgan fingerprint density at radius 3 is 2.30 bits per heavy atom. The Hall–Kier alpha value is -1.97. The summed E-state index contributed by atoms with van der Waals surface area (Å²) in [6.45, 7) is 11.4. The molecule has 4 heteroatoms. The average molecular weight is 312 g/mol. The summed E-state index contributed by atoms with van der Waals surface area (Å²) in [6.07, 6.45) is 6.89. The molecule has 124 valence electrons. The lowest BCUT2D eigenvalue weighted by Gasteiger charge is -2.18. The zero-order valence-corrected chi connectivity index (χ0v) is 15.0. The van der Waals surface area contributed by atoms with Gasteiger partial charge in [0.15, 0.2) is 0 Å². The summed E-state index contributed by atoms with van der Waals surface area (Å²) in [5.74, 6) is 2.09. The molecule has 2 N–H and O–H groups in total. The maximum atomic E-state index is 12.1. The highest BCUT2D eigenvalue weighted by molar-refractivity contribution is 6.76. The predicted molar refractivity (Wildman–Crippen MR) is 101 cm³/mol. The van der Waals surface area contributed by atoms with E-state index in [1.54, 1.807) is 0 Å². The van der Waals surface area contributed by atoms with E-state index in [0.717, 1.165) is 11.9 Å². The molecule has 1 amide bonds. The molecule has 0 aliphatic carbocycles. The number of hydrogen-bond acceptors (Lipinski definition) is 2. The van der Waals surface area contributed by atoms with E-state index < -0.39 is 0 Å². The predicted octanol–water partition coefficient (Wildman–Crippen LogP) is 3.29. The van der Waals surface area contributed by atoms with Gasteiger partial charge in [0.2, 0.25) is 0 Å². The van der Waals surface area contributed by atoms with Crippen molar-refractivity contribution < 1.29 is 4.79 Å². The maximum absolute atomic E-state index is 12.1. The summed E-state index contributed by atoms with van der Waals surface area (Å²) < 4.78 is 0. The minimum atomic E-state index is -0.00200. The summed E-state index contributed by atoms with van der Waals surface area (Å²) in [7, 11) is 0. The number of nitrogens with one attached hydrogen (secondary N) is 2. The van der Waals surface area contributed by atoms with Crippen LogP contribution in [-0.4, -0.2) is 19.3 Å². The highest BCUT2D eigenvalue weighted by atomic mass is 16.1. The van der Waals surface area contributed by atoms with Gasteiger partial charge in [-0.25, -0.2) is 0 Å². The van der Waals surface area contributed by atoms with Crippen molar-refractivity contribution in [3.8, 4) is 0 Å². The topological polar surface area (TPSA) is 41.1 Å². The monoisotopic (exact) mass is 312 g/mol. The van der Waals surface area contributed by atoms with E-state index in [4.69, 9.17) is 0 Å². The summed E-state index contributed by atoms with van der Waals surface area (Å²) in [6, 6.07) is 7.77. The third kappa shape index (κ3) is 6.77. The summed E-state index contributed by atoms with van der Waals surface area (Å²) >= 11 is 0. The van der Waals surface area contributed by atoms with Crippen molar-refractivity contribution in [2.24, 2.45) is 5.41 Å². The van der Waals surface area contributed by atoms with Crippen molar-refractivity contribution >= 4 is 18.2 Å². The molecule has 0 spiro atoms. The Morgan fingerprint density at radius 1 is 1.13 bits per heavy atom. The van der Waals surface area contributed by atoms with E-state index in [-0.39, 0.29) is 18.2 Å². The van der Waals surface area contributed by atoms with Gasteiger partial charge in [0.05, 0.1) is 0 Å². The SMILES string of the molecule is CC.CC(C)(C)CCNC(=O)c1ccc(B2C=CC=CN2)cc1. The van der Waals surface area contributed by atoms with Crippen LogP contribution < -0.4 is 16.0 Å². The molecular formula is C19H29BN2O. The molecule has 0 fully saturated rings. The minimum absolute atomic E-state index is 0.00200. The second-order valence-electron chi connectivity index (χ2n) is 6.58. The first-order chi connectivity index (χ1) is 11.0. The van der Waals surface area contributed by atoms with Gasteiger partial charge in [0.25, 0.3) is 5.91 Å². The van der Waals surface area contributed by atoms with Crippen LogP contribution in [0.1, 0.15) is 51.4 Å². The smallest absolute Gasteiger partial charge is 0.312 e. The highest BCUT2D eigenvalue weighted by Gasteiger charge is 2.15. The quantitative estimate of drug-likeness (QED) is 0.838. The number of carbonyl (C=O) groups is 1. The summed E-state index contributed by atoms with van der Waals surface area (Å²) in [5.41, 5.74) is 2.11. The van der Waals surface area contributed by atoms with Gasteiger partial charge in [-0.3, -0.25) is 4.79 Å². The molecule has 0 aromatic heterocycles. The Kier molecular flexibility index (Phi) is 7.66. The highest BCUT2D eigenvalue weighted by Crippen LogP contribution is 2.17. The van der Waals surface area contributed by atoms with E-state index in [9.17, 15) is 4.79 Å². The number of amides is 1. The fraction of sp³-hybridized carbons (Fsp3) is 0.421. The lowest BCUT2D eigenvalue weighted by Crippen LogP contribution is -2.41. The van der Waals surface area contributed by atoms with E-state index in [1.807, 2.05) is 56.5 Å². The van der Waals surface area contributed by atoms with Crippen molar-refractivity contribution in [1.82, 2.24) is 10.5 Å². The fourth-order valence-electron chi connectivity index (χ4n) is 2.15. The number of allylic oxidation sites excluding steroid dienone is 2. The van der Waals surface area contributed by atoms with Crippen molar-refractivity contribution in [2.75, 3.05) is 6.54 Å². The Labute approximate surface area is 141 Å². The second-order valence-corrected chi connectivity index (χ2v) is 6.58. The molecule has 0 saturated carbocycles. The molecule has 0 atom stereocenters. The van der Waals surface area contributed by atoms with Gasteiger partial charge in [0.1, 0.15) is 0 Å². The minimum Gasteiger partial charge on any atom is -0.427 e. The normalized spacial score (nSPS) is 13.0. The van der Waals surface area contributed by atoms with E-state index in [2.05, 4.69) is 37.3 Å². The van der Waals surface area contributed by atoms with Crippen molar-refractivity contribution in [3.05, 3.63) is 54.2 Å². The number of hydrogen-bond donors (Lipinski definition) is 2. The van der Waals surface area contributed by atoms with E-state index >= 15 is 0 Å². The molecule has 0 unspecified atom stereocenters. The molecule has 0 bridgehead atoms. The lowest BCUT2D eigenvalue weighted by atomic mass is 9.55. The molecule has 1 heterocycles. The van der Waals surface area contributed by atoms with Crippen LogP contribution in [0.2, 0.25) is 0 Å². The van der Waals surface area contributed by atoms with Crippen LogP contribution in [0.15, 0.2) is 48.6 Å². The van der Waals surface area contributed by atoms with E-state index in [0.29, 0.717) is 12.1 Å². The Bertz CT molecular complexity index is 541. The molecule has 0 saturated heterocycles. The van der Waals surface area contributed by atoms with Crippen molar-refractivity contribution in [3.63, 3.8) is 0 Å². The zero-order valence-electron chi connectivity index (χ0n) is 15.0. The van der Waals surface area contributed by atoms with Gasteiger partial charge in [-0.1, -0.05) is 64.3 Å². The standard InChI is InChI=1S/C17H23BN2O.C2H6/c1-17(2,3)10-13-19-16(21)14-6-8-15(9-7-14)18-11-4-5-12-20-18;1-2/h4-9,11-12,20H,10,13H2,1-3H3,(H,19,21);1-2H3. The molecule has 0 radical (unpaired) electrons. The summed E-state index contributed by atoms with van der Waals surface area (Å²) in [4.78, 5) is 12.1. The van der Waals surface area contributed by atoms with Crippen LogP contribution in [0.4, 0.5) is 0 Å². The van der Waals surface area contributed by atoms with Crippen molar-refractivity contribution in [1.29, 1.82) is 0 Å². The van der Waals surface area contributed by atoms with Crippen molar-refractivity contribution in [2.45, 2.75) is 41.0 Å². The zero-order chi connectivity index (χ0) is 17.3. The largest absolute Gasteiger partial charge is 0.427 e. The third-order valence-electron chi connectivity index (χ3n) is 3.48. The average Bonchev–Trinajstić information content (AvgIpc) is 2.56. The van der Waals surface area contributed by atoms with Crippen LogP contribution in [0.25, 0.3) is 0 Å². The van der Waals surface area contributed by atoms with Gasteiger partial charge in [0, 0.05) is 12.1 Å². The molecule has 2 rings (SSSR count). The molecule has 1 aromatic rings. The van der Waals surface area contributed by atoms with Crippen LogP contribution in [0, 0.1) is 5.41 Å². The second kappa shape index (κ2) is 9.24. The van der Waals surface area contributed by atoms with E-state index in [1.165, 1.54) is 0 Å². The fourth-order valence-corrected chi connectivity index (χ4v) is 2.15. The van der Waals surface area contributed by atoms with Crippen LogP contribution in [0.3, 0.4) is 0 Å². The molecule has 1 aromatic carbocycles.